The Bertz CT molecular complexity index is 1310. The number of fused-ring (bicyclic) bond motifs is 10. The molecule has 0 aliphatic heterocycles. The van der Waals surface area contributed by atoms with E-state index in [2.05, 4.69) is 84.9 Å². The molecule has 0 saturated heterocycles. The van der Waals surface area contributed by atoms with Crippen LogP contribution in [0, 0.1) is 0 Å². The maximum Gasteiger partial charge on any atom is -0.000705 e. The van der Waals surface area contributed by atoms with Gasteiger partial charge < -0.3 is 0 Å². The van der Waals surface area contributed by atoms with Gasteiger partial charge in [-0.3, -0.25) is 0 Å². The van der Waals surface area contributed by atoms with E-state index in [1.165, 1.54) is 54.6 Å². The van der Waals surface area contributed by atoms with E-state index in [4.69, 9.17) is 0 Å². The molecule has 0 saturated carbocycles. The van der Waals surface area contributed by atoms with Crippen LogP contribution in [-0.4, -0.2) is 0 Å². The lowest BCUT2D eigenvalue weighted by Gasteiger charge is -2.14. The number of hydrogen-bond donors (Lipinski definition) is 0. The molecule has 0 amide bonds. The van der Waals surface area contributed by atoms with Gasteiger partial charge in [-0.15, -0.1) is 0 Å². The number of benzene rings is 5. The summed E-state index contributed by atoms with van der Waals surface area (Å²) in [6, 6.07) is 31.1. The van der Waals surface area contributed by atoms with Crippen LogP contribution in [0.2, 0.25) is 0 Å². The van der Waals surface area contributed by atoms with E-state index in [0.29, 0.717) is 0 Å². The molecule has 5 aromatic rings. The minimum Gasteiger partial charge on any atom is -0.0619 e. The average Bonchev–Trinajstić information content (AvgIpc) is 3.07. The van der Waals surface area contributed by atoms with Gasteiger partial charge in [0.1, 0.15) is 0 Å². The van der Waals surface area contributed by atoms with Crippen molar-refractivity contribution in [3.63, 3.8) is 0 Å². The Morgan fingerprint density at radius 1 is 0.520 bits per heavy atom. The van der Waals surface area contributed by atoms with Crippen LogP contribution in [0.25, 0.3) is 43.4 Å². The van der Waals surface area contributed by atoms with Crippen LogP contribution in [0.15, 0.2) is 84.9 Å². The maximum atomic E-state index is 2.33. The lowest BCUT2D eigenvalue weighted by molar-refractivity contribution is 1.29. The Morgan fingerprint density at radius 3 is 2.16 bits per heavy atom. The predicted octanol–water partition coefficient (Wildman–Crippen LogP) is 6.72. The Kier molecular flexibility index (Phi) is 2.48. The third-order valence-electron chi connectivity index (χ3n) is 5.68. The van der Waals surface area contributed by atoms with E-state index in [1.807, 2.05) is 0 Å². The van der Waals surface area contributed by atoms with Crippen LogP contribution in [0.3, 0.4) is 0 Å². The first kappa shape index (κ1) is 13.2. The second-order valence-electron chi connectivity index (χ2n) is 6.94. The van der Waals surface area contributed by atoms with Crippen molar-refractivity contribution in [1.82, 2.24) is 0 Å². The lowest BCUT2D eigenvalue weighted by atomic mass is 9.89. The van der Waals surface area contributed by atoms with E-state index in [9.17, 15) is 0 Å². The van der Waals surface area contributed by atoms with Crippen LogP contribution < -0.4 is 0 Å². The molecular weight excluding hydrogens is 300 g/mol. The zero-order chi connectivity index (χ0) is 16.4. The third kappa shape index (κ3) is 1.66. The summed E-state index contributed by atoms with van der Waals surface area (Å²) in [4.78, 5) is 0. The molecule has 25 heavy (non-hydrogen) atoms. The second-order valence-corrected chi connectivity index (χ2v) is 6.94. The highest BCUT2D eigenvalue weighted by Crippen LogP contribution is 2.47. The van der Waals surface area contributed by atoms with Gasteiger partial charge in [0.2, 0.25) is 0 Å². The average molecular weight is 316 g/mol. The third-order valence-corrected chi connectivity index (χ3v) is 5.68. The standard InChI is InChI=1S/C25H16/c1-3-9-18-16(7-1)13-14-22-23-15-17-8-2-4-10-19(17)25(23)21-12-6-5-11-20(21)24(18)22/h1-14H,15H2. The molecule has 0 radical (unpaired) electrons. The number of hydrogen-bond acceptors (Lipinski definition) is 0. The molecular formula is C25H16. The first-order valence-electron chi connectivity index (χ1n) is 8.85. The Balaban J connectivity index is 1.93. The molecule has 0 heterocycles. The fourth-order valence-corrected chi connectivity index (χ4v) is 4.63. The van der Waals surface area contributed by atoms with Crippen molar-refractivity contribution in [2.24, 2.45) is 0 Å². The van der Waals surface area contributed by atoms with E-state index in [1.54, 1.807) is 0 Å². The molecule has 0 spiro atoms. The molecule has 0 heteroatoms. The van der Waals surface area contributed by atoms with Crippen molar-refractivity contribution in [2.45, 2.75) is 6.42 Å². The van der Waals surface area contributed by atoms with Crippen molar-refractivity contribution in [2.75, 3.05) is 0 Å². The smallest absolute Gasteiger partial charge is 0.000705 e. The lowest BCUT2D eigenvalue weighted by Crippen LogP contribution is -1.89. The topological polar surface area (TPSA) is 0 Å². The van der Waals surface area contributed by atoms with E-state index < -0.39 is 0 Å². The zero-order valence-corrected chi connectivity index (χ0v) is 13.8. The maximum absolute atomic E-state index is 2.33. The van der Waals surface area contributed by atoms with Crippen LogP contribution in [0.1, 0.15) is 11.1 Å². The van der Waals surface area contributed by atoms with Gasteiger partial charge in [-0.05, 0) is 61.0 Å². The molecule has 0 atom stereocenters. The van der Waals surface area contributed by atoms with Gasteiger partial charge in [-0.25, -0.2) is 0 Å². The Hall–Kier alpha value is -3.12. The van der Waals surface area contributed by atoms with Crippen molar-refractivity contribution in [3.8, 4) is 11.1 Å². The predicted molar refractivity (Wildman–Crippen MR) is 107 cm³/mol. The van der Waals surface area contributed by atoms with E-state index in [-0.39, 0.29) is 0 Å². The fraction of sp³-hybridized carbons (Fsp3) is 0.0400. The first-order chi connectivity index (χ1) is 12.4. The zero-order valence-electron chi connectivity index (χ0n) is 13.8. The highest BCUT2D eigenvalue weighted by atomic mass is 14.3. The van der Waals surface area contributed by atoms with Gasteiger partial charge in [-0.1, -0.05) is 84.9 Å². The summed E-state index contributed by atoms with van der Waals surface area (Å²) in [7, 11) is 0. The highest BCUT2D eigenvalue weighted by molar-refractivity contribution is 6.25. The minimum atomic E-state index is 1.03. The summed E-state index contributed by atoms with van der Waals surface area (Å²) in [5, 5.41) is 8.23. The molecule has 5 aromatic carbocycles. The quantitative estimate of drug-likeness (QED) is 0.273. The van der Waals surface area contributed by atoms with Crippen molar-refractivity contribution >= 4 is 32.3 Å². The normalized spacial score (nSPS) is 12.6. The summed E-state index contributed by atoms with van der Waals surface area (Å²) in [5.41, 5.74) is 5.78. The molecule has 0 fully saturated rings. The largest absolute Gasteiger partial charge is 0.0619 e. The summed E-state index contributed by atoms with van der Waals surface area (Å²) >= 11 is 0. The van der Waals surface area contributed by atoms with Gasteiger partial charge >= 0.3 is 0 Å². The number of rotatable bonds is 0. The van der Waals surface area contributed by atoms with Gasteiger partial charge in [0.05, 0.1) is 0 Å². The van der Waals surface area contributed by atoms with Crippen LogP contribution in [-0.2, 0) is 6.42 Å². The van der Waals surface area contributed by atoms with E-state index in [0.717, 1.165) is 6.42 Å². The summed E-state index contributed by atoms with van der Waals surface area (Å²) in [6.07, 6.45) is 1.03. The van der Waals surface area contributed by atoms with Gasteiger partial charge in [0.15, 0.2) is 0 Å². The molecule has 1 aliphatic rings. The van der Waals surface area contributed by atoms with Gasteiger partial charge in [0, 0.05) is 0 Å². The van der Waals surface area contributed by atoms with Crippen LogP contribution in [0.4, 0.5) is 0 Å². The minimum absolute atomic E-state index is 1.03. The molecule has 6 rings (SSSR count). The van der Waals surface area contributed by atoms with E-state index >= 15 is 0 Å². The first-order valence-corrected chi connectivity index (χ1v) is 8.85. The molecule has 1 aliphatic carbocycles. The fourth-order valence-electron chi connectivity index (χ4n) is 4.63. The van der Waals surface area contributed by atoms with Crippen molar-refractivity contribution in [1.29, 1.82) is 0 Å². The van der Waals surface area contributed by atoms with Crippen molar-refractivity contribution in [3.05, 3.63) is 96.1 Å². The summed E-state index contributed by atoms with van der Waals surface area (Å²) in [6.45, 7) is 0. The Morgan fingerprint density at radius 2 is 1.24 bits per heavy atom. The van der Waals surface area contributed by atoms with Crippen LogP contribution in [0.5, 0.6) is 0 Å². The highest BCUT2D eigenvalue weighted by Gasteiger charge is 2.24. The van der Waals surface area contributed by atoms with Gasteiger partial charge in [0.25, 0.3) is 0 Å². The van der Waals surface area contributed by atoms with Crippen LogP contribution >= 0.6 is 0 Å². The summed E-state index contributed by atoms with van der Waals surface area (Å²) in [5.74, 6) is 0. The van der Waals surface area contributed by atoms with Crippen molar-refractivity contribution < 1.29 is 0 Å². The van der Waals surface area contributed by atoms with Gasteiger partial charge in [-0.2, -0.15) is 0 Å². The molecule has 116 valence electrons. The Labute approximate surface area is 146 Å². The SMILES string of the molecule is c1ccc2c(c1)Cc1c-2c2ccccc2c2c1ccc1ccccc12. The monoisotopic (exact) mass is 316 g/mol. The summed E-state index contributed by atoms with van der Waals surface area (Å²) < 4.78 is 0. The molecule has 0 unspecified atom stereocenters. The molecule has 0 aromatic heterocycles. The second kappa shape index (κ2) is 4.70. The molecule has 0 nitrogen and oxygen atoms in total. The molecule has 0 N–H and O–H groups in total. The molecule has 0 bridgehead atoms.